The summed E-state index contributed by atoms with van der Waals surface area (Å²) in [5, 5.41) is 0. The molecule has 0 aromatic heterocycles. The van der Waals surface area contributed by atoms with Crippen molar-refractivity contribution in [1.82, 2.24) is 9.62 Å². The first kappa shape index (κ1) is 15.7. The van der Waals surface area contributed by atoms with Crippen molar-refractivity contribution >= 4 is 15.9 Å². The Morgan fingerprint density at radius 2 is 1.74 bits per heavy atom. The zero-order chi connectivity index (χ0) is 14.6. The molecule has 0 aliphatic carbocycles. The van der Waals surface area contributed by atoms with Gasteiger partial charge in [-0.2, -0.15) is 0 Å². The minimum atomic E-state index is -3.63. The molecule has 0 heterocycles. The van der Waals surface area contributed by atoms with Crippen LogP contribution >= 0.6 is 0 Å². The molecule has 0 saturated heterocycles. The Hall–Kier alpha value is -1.40. The van der Waals surface area contributed by atoms with Crippen LogP contribution in [0.25, 0.3) is 0 Å². The maximum Gasteiger partial charge on any atom is 0.241 e. The molecule has 106 valence electrons. The fourth-order valence-electron chi connectivity index (χ4n) is 1.43. The topological polar surface area (TPSA) is 66.5 Å². The minimum Gasteiger partial charge on any atom is -0.348 e. The third-order valence-corrected chi connectivity index (χ3v) is 4.19. The van der Waals surface area contributed by atoms with Crippen LogP contribution in [0.1, 0.15) is 25.3 Å². The van der Waals surface area contributed by atoms with Crippen LogP contribution in [0.15, 0.2) is 29.2 Å². The smallest absolute Gasteiger partial charge is 0.241 e. The Labute approximate surface area is 114 Å². The molecule has 1 rings (SSSR count). The lowest BCUT2D eigenvalue weighted by molar-refractivity contribution is -0.127. The number of hydrogen-bond acceptors (Lipinski definition) is 3. The number of carbonyl (C=O) groups excluding carboxylic acids is 1. The Balaban J connectivity index is 2.80. The van der Waals surface area contributed by atoms with Crippen LogP contribution < -0.4 is 4.72 Å². The number of likely N-dealkylation sites (N-methyl/N-ethyl adjacent to an activating group) is 1. The molecule has 19 heavy (non-hydrogen) atoms. The number of sulfonamides is 1. The summed E-state index contributed by atoms with van der Waals surface area (Å²) in [6, 6.07) is 6.68. The highest BCUT2D eigenvalue weighted by atomic mass is 32.2. The number of carbonyl (C=O) groups is 1. The van der Waals surface area contributed by atoms with Crippen molar-refractivity contribution in [2.45, 2.75) is 24.7 Å². The molecule has 0 radical (unpaired) electrons. The molecule has 0 aliphatic rings. The molecule has 5 nitrogen and oxygen atoms in total. The molecule has 0 aliphatic heterocycles. The Kier molecular flexibility index (Phi) is 5.08. The summed E-state index contributed by atoms with van der Waals surface area (Å²) >= 11 is 0. The van der Waals surface area contributed by atoms with E-state index in [1.165, 1.54) is 4.90 Å². The van der Waals surface area contributed by atoms with Gasteiger partial charge in [-0.25, -0.2) is 13.1 Å². The summed E-state index contributed by atoms with van der Waals surface area (Å²) in [6.07, 6.45) is 0. The van der Waals surface area contributed by atoms with Gasteiger partial charge in [0.15, 0.2) is 0 Å². The number of rotatable bonds is 5. The second kappa shape index (κ2) is 6.16. The van der Waals surface area contributed by atoms with E-state index in [-0.39, 0.29) is 17.3 Å². The van der Waals surface area contributed by atoms with Crippen molar-refractivity contribution in [2.75, 3.05) is 20.6 Å². The molecule has 1 N–H and O–H groups in total. The van der Waals surface area contributed by atoms with Crippen LogP contribution in [0.3, 0.4) is 0 Å². The number of nitrogens with zero attached hydrogens (tertiary/aromatic N) is 1. The standard InChI is InChI=1S/C13H20N2O3S/c1-10(2)11-5-7-12(8-6-11)19(17,18)14-9-13(16)15(3)4/h5-8,10,14H,9H2,1-4H3. The van der Waals surface area contributed by atoms with Crippen LogP contribution in [0.4, 0.5) is 0 Å². The summed E-state index contributed by atoms with van der Waals surface area (Å²) < 4.78 is 26.2. The summed E-state index contributed by atoms with van der Waals surface area (Å²) in [5.74, 6) is 0.0578. The molecule has 0 atom stereocenters. The van der Waals surface area contributed by atoms with Gasteiger partial charge in [-0.05, 0) is 23.6 Å². The third-order valence-electron chi connectivity index (χ3n) is 2.77. The first-order valence-corrected chi connectivity index (χ1v) is 7.52. The van der Waals surface area contributed by atoms with Crippen LogP contribution in [0.2, 0.25) is 0 Å². The lowest BCUT2D eigenvalue weighted by atomic mass is 10.0. The van der Waals surface area contributed by atoms with E-state index in [1.54, 1.807) is 38.4 Å². The largest absolute Gasteiger partial charge is 0.348 e. The van der Waals surface area contributed by atoms with E-state index < -0.39 is 10.0 Å². The van der Waals surface area contributed by atoms with E-state index in [9.17, 15) is 13.2 Å². The summed E-state index contributed by atoms with van der Waals surface area (Å²) in [6.45, 7) is 3.84. The zero-order valence-electron chi connectivity index (χ0n) is 11.7. The predicted octanol–water partition coefficient (Wildman–Crippen LogP) is 1.18. The normalized spacial score (nSPS) is 11.6. The Morgan fingerprint density at radius 1 is 1.21 bits per heavy atom. The summed E-state index contributed by atoms with van der Waals surface area (Å²) in [7, 11) is -0.474. The van der Waals surface area contributed by atoms with Gasteiger partial charge in [0.1, 0.15) is 0 Å². The van der Waals surface area contributed by atoms with Gasteiger partial charge in [0.25, 0.3) is 0 Å². The highest BCUT2D eigenvalue weighted by Crippen LogP contribution is 2.17. The van der Waals surface area contributed by atoms with Crippen LogP contribution in [-0.4, -0.2) is 39.9 Å². The molecule has 0 fully saturated rings. The third kappa shape index (κ3) is 4.33. The van der Waals surface area contributed by atoms with Crippen molar-refractivity contribution in [3.63, 3.8) is 0 Å². The second-order valence-electron chi connectivity index (χ2n) is 4.84. The summed E-state index contributed by atoms with van der Waals surface area (Å²) in [5.41, 5.74) is 1.07. The molecular formula is C13H20N2O3S. The number of hydrogen-bond donors (Lipinski definition) is 1. The van der Waals surface area contributed by atoms with Gasteiger partial charge in [-0.15, -0.1) is 0 Å². The van der Waals surface area contributed by atoms with Gasteiger partial charge in [-0.3, -0.25) is 4.79 Å². The predicted molar refractivity (Wildman–Crippen MR) is 74.4 cm³/mol. The number of amides is 1. The molecule has 0 saturated carbocycles. The van der Waals surface area contributed by atoms with Crippen molar-refractivity contribution < 1.29 is 13.2 Å². The van der Waals surface area contributed by atoms with E-state index in [2.05, 4.69) is 4.72 Å². The molecule has 6 heteroatoms. The molecular weight excluding hydrogens is 264 g/mol. The van der Waals surface area contributed by atoms with Crippen molar-refractivity contribution in [3.8, 4) is 0 Å². The number of benzene rings is 1. The van der Waals surface area contributed by atoms with Crippen LogP contribution in [-0.2, 0) is 14.8 Å². The summed E-state index contributed by atoms with van der Waals surface area (Å²) in [4.78, 5) is 12.9. The SMILES string of the molecule is CC(C)c1ccc(S(=O)(=O)NCC(=O)N(C)C)cc1. The lowest BCUT2D eigenvalue weighted by Gasteiger charge is -2.12. The number of nitrogens with one attached hydrogen (secondary N) is 1. The van der Waals surface area contributed by atoms with Gasteiger partial charge in [0.05, 0.1) is 11.4 Å². The van der Waals surface area contributed by atoms with Gasteiger partial charge >= 0.3 is 0 Å². The maximum absolute atomic E-state index is 12.0. The fraction of sp³-hybridized carbons (Fsp3) is 0.462. The first-order valence-electron chi connectivity index (χ1n) is 6.04. The van der Waals surface area contributed by atoms with E-state index in [0.717, 1.165) is 5.56 Å². The maximum atomic E-state index is 12.0. The van der Waals surface area contributed by atoms with Crippen LogP contribution in [0, 0.1) is 0 Å². The van der Waals surface area contributed by atoms with Crippen molar-refractivity contribution in [3.05, 3.63) is 29.8 Å². The molecule has 0 bridgehead atoms. The quantitative estimate of drug-likeness (QED) is 0.883. The van der Waals surface area contributed by atoms with Crippen molar-refractivity contribution in [2.24, 2.45) is 0 Å². The molecule has 1 aromatic carbocycles. The monoisotopic (exact) mass is 284 g/mol. The minimum absolute atomic E-state index is 0.170. The van der Waals surface area contributed by atoms with Gasteiger partial charge in [-0.1, -0.05) is 26.0 Å². The van der Waals surface area contributed by atoms with Crippen LogP contribution in [0.5, 0.6) is 0 Å². The van der Waals surface area contributed by atoms with Gasteiger partial charge in [0.2, 0.25) is 15.9 Å². The van der Waals surface area contributed by atoms with E-state index in [0.29, 0.717) is 5.92 Å². The van der Waals surface area contributed by atoms with E-state index in [4.69, 9.17) is 0 Å². The second-order valence-corrected chi connectivity index (χ2v) is 6.60. The Bertz CT molecular complexity index is 534. The Morgan fingerprint density at radius 3 is 2.16 bits per heavy atom. The fourth-order valence-corrected chi connectivity index (χ4v) is 2.40. The molecule has 0 spiro atoms. The van der Waals surface area contributed by atoms with E-state index in [1.807, 2.05) is 13.8 Å². The average Bonchev–Trinajstić information content (AvgIpc) is 2.36. The highest BCUT2D eigenvalue weighted by molar-refractivity contribution is 7.89. The molecule has 1 amide bonds. The highest BCUT2D eigenvalue weighted by Gasteiger charge is 2.16. The average molecular weight is 284 g/mol. The van der Waals surface area contributed by atoms with Crippen molar-refractivity contribution in [1.29, 1.82) is 0 Å². The molecule has 1 aromatic rings. The first-order chi connectivity index (χ1) is 8.74. The zero-order valence-corrected chi connectivity index (χ0v) is 12.5. The molecule has 0 unspecified atom stereocenters. The van der Waals surface area contributed by atoms with E-state index >= 15 is 0 Å². The van der Waals surface area contributed by atoms with Gasteiger partial charge < -0.3 is 4.90 Å². The van der Waals surface area contributed by atoms with Gasteiger partial charge in [0, 0.05) is 14.1 Å². The lowest BCUT2D eigenvalue weighted by Crippen LogP contribution is -2.36.